The summed E-state index contributed by atoms with van der Waals surface area (Å²) < 4.78 is 7.34. The van der Waals surface area contributed by atoms with Crippen LogP contribution in [0.3, 0.4) is 0 Å². The summed E-state index contributed by atoms with van der Waals surface area (Å²) in [7, 11) is 0. The Kier molecular flexibility index (Phi) is 4.09. The van der Waals surface area contributed by atoms with Crippen molar-refractivity contribution in [3.63, 3.8) is 0 Å². The fourth-order valence-electron chi connectivity index (χ4n) is 1.91. The van der Waals surface area contributed by atoms with Crippen LogP contribution in [0.15, 0.2) is 14.3 Å². The van der Waals surface area contributed by atoms with E-state index in [0.29, 0.717) is 19.8 Å². The van der Waals surface area contributed by atoms with Gasteiger partial charge in [-0.25, -0.2) is 0 Å². The first-order valence-electron chi connectivity index (χ1n) is 5.00. The molecule has 1 aliphatic rings. The molecule has 2 heterocycles. The maximum absolute atomic E-state index is 10.4. The maximum Gasteiger partial charge on any atom is 0.0973 e. The zero-order chi connectivity index (χ0) is 11.8. The van der Waals surface area contributed by atoms with Gasteiger partial charge in [0.2, 0.25) is 0 Å². The largest absolute Gasteiger partial charge is 0.387 e. The van der Waals surface area contributed by atoms with Gasteiger partial charge in [0.15, 0.2) is 0 Å². The molecule has 3 nitrogen and oxygen atoms in total. The molecule has 1 aromatic heterocycles. The van der Waals surface area contributed by atoms with E-state index in [2.05, 4.69) is 31.9 Å². The van der Waals surface area contributed by atoms with Crippen LogP contribution < -0.4 is 5.73 Å². The van der Waals surface area contributed by atoms with E-state index in [1.165, 1.54) is 11.3 Å². The van der Waals surface area contributed by atoms with Gasteiger partial charge < -0.3 is 15.6 Å². The van der Waals surface area contributed by atoms with E-state index in [4.69, 9.17) is 10.5 Å². The van der Waals surface area contributed by atoms with Gasteiger partial charge in [-0.15, -0.1) is 11.3 Å². The number of halogens is 2. The van der Waals surface area contributed by atoms with Crippen molar-refractivity contribution in [2.75, 3.05) is 19.8 Å². The number of aliphatic hydroxyl groups is 1. The van der Waals surface area contributed by atoms with E-state index < -0.39 is 6.10 Å². The number of rotatable bonds is 3. The Bertz CT molecular complexity index is 357. The highest BCUT2D eigenvalue weighted by Gasteiger charge is 2.42. The first-order valence-corrected chi connectivity index (χ1v) is 7.40. The van der Waals surface area contributed by atoms with Crippen molar-refractivity contribution in [3.8, 4) is 0 Å². The summed E-state index contributed by atoms with van der Waals surface area (Å²) in [5.41, 5.74) is 5.48. The van der Waals surface area contributed by atoms with Crippen molar-refractivity contribution >= 4 is 43.2 Å². The summed E-state index contributed by atoms with van der Waals surface area (Å²) in [6.07, 6.45) is 0.269. The molecule has 2 atom stereocenters. The zero-order valence-corrected chi connectivity index (χ0v) is 12.6. The molecule has 6 heteroatoms. The van der Waals surface area contributed by atoms with E-state index >= 15 is 0 Å². The lowest BCUT2D eigenvalue weighted by Gasteiger charge is -2.30. The van der Waals surface area contributed by atoms with Gasteiger partial charge in [0.25, 0.3) is 0 Å². The molecule has 90 valence electrons. The van der Waals surface area contributed by atoms with E-state index in [0.717, 1.165) is 19.6 Å². The van der Waals surface area contributed by atoms with Gasteiger partial charge in [0, 0.05) is 27.9 Å². The summed E-state index contributed by atoms with van der Waals surface area (Å²) in [6, 6.07) is 1.94. The van der Waals surface area contributed by atoms with Gasteiger partial charge in [-0.05, 0) is 44.3 Å². The average molecular weight is 371 g/mol. The van der Waals surface area contributed by atoms with Crippen LogP contribution in [0.1, 0.15) is 17.4 Å². The van der Waals surface area contributed by atoms with Crippen molar-refractivity contribution in [3.05, 3.63) is 19.2 Å². The molecule has 1 fully saturated rings. The third kappa shape index (κ3) is 2.23. The van der Waals surface area contributed by atoms with E-state index in [1.54, 1.807) is 0 Å². The summed E-state index contributed by atoms with van der Waals surface area (Å²) in [5, 5.41) is 10.4. The molecule has 2 unspecified atom stereocenters. The average Bonchev–Trinajstić information content (AvgIpc) is 2.87. The highest BCUT2D eigenvalue weighted by molar-refractivity contribution is 9.13. The predicted molar refractivity (Wildman–Crippen MR) is 71.6 cm³/mol. The SMILES string of the molecule is NCC1(C(O)c2cc(Br)c(Br)s2)CCOC1. The normalized spacial score (nSPS) is 27.2. The van der Waals surface area contributed by atoms with Gasteiger partial charge in [-0.1, -0.05) is 0 Å². The van der Waals surface area contributed by atoms with Gasteiger partial charge in [-0.3, -0.25) is 0 Å². The molecule has 1 aromatic rings. The van der Waals surface area contributed by atoms with Crippen LogP contribution in [0.5, 0.6) is 0 Å². The van der Waals surface area contributed by atoms with Crippen molar-refractivity contribution in [1.82, 2.24) is 0 Å². The van der Waals surface area contributed by atoms with Crippen LogP contribution in [-0.4, -0.2) is 24.9 Å². The number of ether oxygens (including phenoxy) is 1. The minimum atomic E-state index is -0.549. The fourth-order valence-corrected chi connectivity index (χ4v) is 4.13. The Morgan fingerprint density at radius 3 is 2.81 bits per heavy atom. The Hall–Kier alpha value is 0.540. The van der Waals surface area contributed by atoms with Crippen LogP contribution in [-0.2, 0) is 4.74 Å². The van der Waals surface area contributed by atoms with Crippen molar-refractivity contribution in [2.45, 2.75) is 12.5 Å². The van der Waals surface area contributed by atoms with Gasteiger partial charge in [-0.2, -0.15) is 0 Å². The van der Waals surface area contributed by atoms with Gasteiger partial charge in [0.1, 0.15) is 0 Å². The van der Waals surface area contributed by atoms with Crippen LogP contribution in [0.2, 0.25) is 0 Å². The molecule has 0 aromatic carbocycles. The lowest BCUT2D eigenvalue weighted by atomic mass is 9.81. The second-order valence-electron chi connectivity index (χ2n) is 4.04. The fraction of sp³-hybridized carbons (Fsp3) is 0.600. The molecule has 0 saturated carbocycles. The summed E-state index contributed by atoms with van der Waals surface area (Å²) in [6.45, 7) is 1.67. The minimum absolute atomic E-state index is 0.316. The standard InChI is InChI=1S/C10H13Br2NO2S/c11-6-3-7(16-9(6)12)8(14)10(4-13)1-2-15-5-10/h3,8,14H,1-2,4-5,13H2. The van der Waals surface area contributed by atoms with Crippen LogP contribution >= 0.6 is 43.2 Å². The molecule has 0 amide bonds. The molecule has 0 aliphatic carbocycles. The molecule has 0 spiro atoms. The van der Waals surface area contributed by atoms with Gasteiger partial charge in [0.05, 0.1) is 16.5 Å². The monoisotopic (exact) mass is 369 g/mol. The third-order valence-electron chi connectivity index (χ3n) is 3.05. The third-order valence-corrected chi connectivity index (χ3v) is 6.36. The highest BCUT2D eigenvalue weighted by Crippen LogP contribution is 2.45. The van der Waals surface area contributed by atoms with Crippen LogP contribution in [0.25, 0.3) is 0 Å². The van der Waals surface area contributed by atoms with Crippen LogP contribution in [0.4, 0.5) is 0 Å². The first-order chi connectivity index (χ1) is 7.59. The zero-order valence-electron chi connectivity index (χ0n) is 8.58. The number of thiophene rings is 1. The number of aliphatic hydroxyl groups excluding tert-OH is 1. The lowest BCUT2D eigenvalue weighted by molar-refractivity contribution is 0.0215. The van der Waals surface area contributed by atoms with Gasteiger partial charge >= 0.3 is 0 Å². The molecular weight excluding hydrogens is 358 g/mol. The van der Waals surface area contributed by atoms with Crippen molar-refractivity contribution in [1.29, 1.82) is 0 Å². The number of hydrogen-bond donors (Lipinski definition) is 2. The second kappa shape index (κ2) is 5.04. The molecule has 3 N–H and O–H groups in total. The summed E-state index contributed by atoms with van der Waals surface area (Å²) in [5.74, 6) is 0. The van der Waals surface area contributed by atoms with E-state index in [-0.39, 0.29) is 5.41 Å². The quantitative estimate of drug-likeness (QED) is 0.859. The molecule has 1 saturated heterocycles. The Morgan fingerprint density at radius 1 is 1.62 bits per heavy atom. The maximum atomic E-state index is 10.4. The Morgan fingerprint density at radius 2 is 2.38 bits per heavy atom. The molecular formula is C10H13Br2NO2S. The van der Waals surface area contributed by atoms with Crippen molar-refractivity contribution in [2.24, 2.45) is 11.1 Å². The van der Waals surface area contributed by atoms with Crippen molar-refractivity contribution < 1.29 is 9.84 Å². The molecule has 16 heavy (non-hydrogen) atoms. The number of hydrogen-bond acceptors (Lipinski definition) is 4. The molecule has 2 rings (SSSR count). The lowest BCUT2D eigenvalue weighted by Crippen LogP contribution is -2.37. The van der Waals surface area contributed by atoms with E-state index in [9.17, 15) is 5.11 Å². The molecule has 0 radical (unpaired) electrons. The first kappa shape index (κ1) is 13.0. The second-order valence-corrected chi connectivity index (χ2v) is 7.30. The predicted octanol–water partition coefficient (Wildman–Crippen LogP) is 2.67. The topological polar surface area (TPSA) is 55.5 Å². The van der Waals surface area contributed by atoms with Crippen LogP contribution in [0, 0.1) is 5.41 Å². The summed E-state index contributed by atoms with van der Waals surface area (Å²) in [4.78, 5) is 0.926. The summed E-state index contributed by atoms with van der Waals surface area (Å²) >= 11 is 8.38. The Labute approximate surface area is 115 Å². The number of nitrogens with two attached hydrogens (primary N) is 1. The minimum Gasteiger partial charge on any atom is -0.387 e. The highest BCUT2D eigenvalue weighted by atomic mass is 79.9. The molecule has 0 bridgehead atoms. The molecule has 1 aliphatic heterocycles. The smallest absolute Gasteiger partial charge is 0.0973 e. The Balaban J connectivity index is 2.26. The van der Waals surface area contributed by atoms with E-state index in [1.807, 2.05) is 6.07 Å².